The van der Waals surface area contributed by atoms with E-state index in [1.165, 1.54) is 0 Å². The Kier molecular flexibility index (Phi) is 3.81. The molecule has 1 aliphatic heterocycles. The maximum absolute atomic E-state index is 11.1. The number of aliphatic hydroxyl groups is 1. The van der Waals surface area contributed by atoms with Crippen LogP contribution in [0.5, 0.6) is 0 Å². The Morgan fingerprint density at radius 1 is 1.56 bits per heavy atom. The average molecular weight is 249 g/mol. The molecule has 0 bridgehead atoms. The highest BCUT2D eigenvalue weighted by molar-refractivity contribution is 5.77. The number of pyridine rings is 1. The molecule has 0 radical (unpaired) electrons. The number of aromatic nitrogens is 1. The van der Waals surface area contributed by atoms with Crippen LogP contribution in [0.2, 0.25) is 0 Å². The third-order valence-corrected chi connectivity index (χ3v) is 3.10. The molecule has 5 heteroatoms. The molecule has 1 aromatic rings. The van der Waals surface area contributed by atoms with Gasteiger partial charge in [-0.15, -0.1) is 0 Å². The maximum atomic E-state index is 11.1. The summed E-state index contributed by atoms with van der Waals surface area (Å²) in [6.07, 6.45) is 2.00. The van der Waals surface area contributed by atoms with Gasteiger partial charge in [0.2, 0.25) is 5.91 Å². The molecule has 18 heavy (non-hydrogen) atoms. The van der Waals surface area contributed by atoms with E-state index in [0.29, 0.717) is 18.8 Å². The zero-order chi connectivity index (χ0) is 13.1. The lowest BCUT2D eigenvalue weighted by molar-refractivity contribution is -0.126. The number of piperidine rings is 1. The highest BCUT2D eigenvalue weighted by atomic mass is 16.3. The zero-order valence-corrected chi connectivity index (χ0v) is 10.7. The van der Waals surface area contributed by atoms with E-state index in [2.05, 4.69) is 29.5 Å². The molecular weight excluding hydrogens is 230 g/mol. The molecule has 1 aliphatic rings. The van der Waals surface area contributed by atoms with Gasteiger partial charge in [-0.1, -0.05) is 13.8 Å². The van der Waals surface area contributed by atoms with Gasteiger partial charge in [0.05, 0.1) is 6.04 Å². The summed E-state index contributed by atoms with van der Waals surface area (Å²) in [4.78, 5) is 15.4. The lowest BCUT2D eigenvalue weighted by Gasteiger charge is -2.29. The molecule has 98 valence electrons. The molecule has 1 aromatic heterocycles. The van der Waals surface area contributed by atoms with Crippen LogP contribution in [0.25, 0.3) is 0 Å². The minimum atomic E-state index is -0.832. The molecule has 2 rings (SSSR count). The van der Waals surface area contributed by atoms with E-state index >= 15 is 0 Å². The smallest absolute Gasteiger partial charge is 0.222 e. The van der Waals surface area contributed by atoms with Crippen LogP contribution >= 0.6 is 0 Å². The normalized spacial score (nSPS) is 23.9. The molecular formula is C13H19N3O2. The Hall–Kier alpha value is -1.62. The number of anilines is 1. The van der Waals surface area contributed by atoms with Crippen LogP contribution < -0.4 is 10.6 Å². The molecule has 3 N–H and O–H groups in total. The second-order valence-electron chi connectivity index (χ2n) is 4.93. The van der Waals surface area contributed by atoms with E-state index in [1.807, 2.05) is 12.1 Å². The van der Waals surface area contributed by atoms with Gasteiger partial charge in [-0.3, -0.25) is 9.78 Å². The minimum absolute atomic E-state index is 0.0989. The van der Waals surface area contributed by atoms with Crippen LogP contribution in [0.4, 0.5) is 5.69 Å². The molecule has 2 atom stereocenters. The summed E-state index contributed by atoms with van der Waals surface area (Å²) < 4.78 is 0. The standard InChI is InChI=1S/C13H19N3O2/c1-8(2)11-7-9(5-6-14-11)15-10-3-4-12(17)16-13(10)18/h5-8,10,13,18H,3-4H2,1-2H3,(H,14,15)(H,16,17)/t10-,13?/m0/s1. The largest absolute Gasteiger partial charge is 0.378 e. The van der Waals surface area contributed by atoms with Crippen LogP contribution in [0, 0.1) is 0 Å². The molecule has 1 unspecified atom stereocenters. The molecule has 1 saturated heterocycles. The van der Waals surface area contributed by atoms with E-state index in [9.17, 15) is 9.90 Å². The summed E-state index contributed by atoms with van der Waals surface area (Å²) in [5.74, 6) is 0.265. The molecule has 1 fully saturated rings. The van der Waals surface area contributed by atoms with E-state index in [1.54, 1.807) is 6.20 Å². The topological polar surface area (TPSA) is 74.2 Å². The SMILES string of the molecule is CC(C)c1cc(N[C@H]2CCC(=O)NC2O)ccn1. The number of aliphatic hydroxyl groups excluding tert-OH is 1. The molecule has 0 saturated carbocycles. The fraction of sp³-hybridized carbons (Fsp3) is 0.538. The number of amides is 1. The molecule has 5 nitrogen and oxygen atoms in total. The van der Waals surface area contributed by atoms with Crippen LogP contribution in [0.15, 0.2) is 18.3 Å². The highest BCUT2D eigenvalue weighted by Gasteiger charge is 2.26. The third kappa shape index (κ3) is 2.98. The third-order valence-electron chi connectivity index (χ3n) is 3.10. The summed E-state index contributed by atoms with van der Waals surface area (Å²) in [5.41, 5.74) is 1.93. The molecule has 0 spiro atoms. The Morgan fingerprint density at radius 2 is 2.33 bits per heavy atom. The van der Waals surface area contributed by atoms with Gasteiger partial charge in [-0.25, -0.2) is 0 Å². The van der Waals surface area contributed by atoms with E-state index < -0.39 is 6.23 Å². The van der Waals surface area contributed by atoms with Crippen LogP contribution in [-0.2, 0) is 4.79 Å². The van der Waals surface area contributed by atoms with Crippen molar-refractivity contribution in [2.75, 3.05) is 5.32 Å². The van der Waals surface area contributed by atoms with E-state index in [4.69, 9.17) is 0 Å². The molecule has 0 aliphatic carbocycles. The summed E-state index contributed by atoms with van der Waals surface area (Å²) in [6, 6.07) is 3.70. The number of carbonyl (C=O) groups is 1. The Labute approximate surface area is 107 Å². The van der Waals surface area contributed by atoms with Crippen molar-refractivity contribution in [1.29, 1.82) is 0 Å². The van der Waals surface area contributed by atoms with Crippen molar-refractivity contribution < 1.29 is 9.90 Å². The van der Waals surface area contributed by atoms with Gasteiger partial charge in [-0.05, 0) is 24.5 Å². The first kappa shape index (κ1) is 12.8. The lowest BCUT2D eigenvalue weighted by Crippen LogP contribution is -2.51. The number of hydrogen-bond acceptors (Lipinski definition) is 4. The van der Waals surface area contributed by atoms with Crippen molar-refractivity contribution in [3.8, 4) is 0 Å². The zero-order valence-electron chi connectivity index (χ0n) is 10.7. The van der Waals surface area contributed by atoms with Crippen LogP contribution in [0.3, 0.4) is 0 Å². The predicted octanol–water partition coefficient (Wildman–Crippen LogP) is 1.21. The second-order valence-corrected chi connectivity index (χ2v) is 4.93. The van der Waals surface area contributed by atoms with Gasteiger partial charge in [-0.2, -0.15) is 0 Å². The van der Waals surface area contributed by atoms with Crippen molar-refractivity contribution in [3.05, 3.63) is 24.0 Å². The maximum Gasteiger partial charge on any atom is 0.222 e. The summed E-state index contributed by atoms with van der Waals surface area (Å²) in [7, 11) is 0. The van der Waals surface area contributed by atoms with E-state index in [-0.39, 0.29) is 11.9 Å². The monoisotopic (exact) mass is 249 g/mol. The predicted molar refractivity (Wildman–Crippen MR) is 69.1 cm³/mol. The number of nitrogens with one attached hydrogen (secondary N) is 2. The number of rotatable bonds is 3. The van der Waals surface area contributed by atoms with Gasteiger partial charge in [0.25, 0.3) is 0 Å². The first-order valence-corrected chi connectivity index (χ1v) is 6.26. The van der Waals surface area contributed by atoms with E-state index in [0.717, 1.165) is 11.4 Å². The number of carbonyl (C=O) groups excluding carboxylic acids is 1. The van der Waals surface area contributed by atoms with Crippen molar-refractivity contribution in [3.63, 3.8) is 0 Å². The fourth-order valence-corrected chi connectivity index (χ4v) is 2.00. The van der Waals surface area contributed by atoms with Gasteiger partial charge >= 0.3 is 0 Å². The van der Waals surface area contributed by atoms with Crippen LogP contribution in [-0.4, -0.2) is 28.3 Å². The summed E-state index contributed by atoms with van der Waals surface area (Å²) in [6.45, 7) is 4.17. The highest BCUT2D eigenvalue weighted by Crippen LogP contribution is 2.19. The van der Waals surface area contributed by atoms with Crippen molar-refractivity contribution in [2.24, 2.45) is 0 Å². The molecule has 1 amide bonds. The first-order chi connectivity index (χ1) is 8.56. The minimum Gasteiger partial charge on any atom is -0.378 e. The van der Waals surface area contributed by atoms with Gasteiger partial charge in [0.15, 0.2) is 0 Å². The number of nitrogens with zero attached hydrogens (tertiary/aromatic N) is 1. The van der Waals surface area contributed by atoms with Crippen LogP contribution in [0.1, 0.15) is 38.3 Å². The first-order valence-electron chi connectivity index (χ1n) is 6.26. The summed E-state index contributed by atoms with van der Waals surface area (Å²) >= 11 is 0. The molecule has 0 aromatic carbocycles. The van der Waals surface area contributed by atoms with Gasteiger partial charge in [0, 0.05) is 24.0 Å². The molecule has 2 heterocycles. The Bertz CT molecular complexity index is 434. The Morgan fingerprint density at radius 3 is 3.00 bits per heavy atom. The van der Waals surface area contributed by atoms with Gasteiger partial charge < -0.3 is 15.7 Å². The van der Waals surface area contributed by atoms with Crippen molar-refractivity contribution >= 4 is 11.6 Å². The Balaban J connectivity index is 2.05. The van der Waals surface area contributed by atoms with Gasteiger partial charge in [0.1, 0.15) is 6.23 Å². The quantitative estimate of drug-likeness (QED) is 0.753. The summed E-state index contributed by atoms with van der Waals surface area (Å²) in [5, 5.41) is 15.5. The second kappa shape index (κ2) is 5.35. The van der Waals surface area contributed by atoms with Crippen molar-refractivity contribution in [1.82, 2.24) is 10.3 Å². The average Bonchev–Trinajstić information content (AvgIpc) is 2.33. The lowest BCUT2D eigenvalue weighted by atomic mass is 10.0. The van der Waals surface area contributed by atoms with Crippen molar-refractivity contribution in [2.45, 2.75) is 44.9 Å². The number of hydrogen-bond donors (Lipinski definition) is 3. The fourth-order valence-electron chi connectivity index (χ4n) is 2.00.